The molecular weight excluding hydrogens is 213 g/mol. The molecular formula is C8H7F3N2S. The van der Waals surface area contributed by atoms with E-state index in [2.05, 4.69) is 22.2 Å². The van der Waals surface area contributed by atoms with Crippen molar-refractivity contribution < 1.29 is 13.2 Å². The summed E-state index contributed by atoms with van der Waals surface area (Å²) in [6.45, 7) is 0. The largest absolute Gasteiger partial charge is 0.433 e. The van der Waals surface area contributed by atoms with Gasteiger partial charge >= 0.3 is 6.18 Å². The molecule has 1 aliphatic rings. The molecule has 0 unspecified atom stereocenters. The highest BCUT2D eigenvalue weighted by Crippen LogP contribution is 2.34. The van der Waals surface area contributed by atoms with E-state index in [0.29, 0.717) is 18.5 Å². The van der Waals surface area contributed by atoms with Crippen molar-refractivity contribution in [3.05, 3.63) is 21.7 Å². The molecule has 0 amide bonds. The molecule has 1 heterocycles. The van der Waals surface area contributed by atoms with Gasteiger partial charge in [-0.1, -0.05) is 0 Å². The van der Waals surface area contributed by atoms with Crippen molar-refractivity contribution in [1.29, 1.82) is 0 Å². The molecule has 1 aromatic heterocycles. The minimum Gasteiger partial charge on any atom is -0.334 e. The van der Waals surface area contributed by atoms with E-state index in [9.17, 15) is 13.2 Å². The molecule has 0 fully saturated rings. The van der Waals surface area contributed by atoms with Crippen LogP contribution in [-0.2, 0) is 19.0 Å². The van der Waals surface area contributed by atoms with Gasteiger partial charge in [0.15, 0.2) is 10.5 Å². The van der Waals surface area contributed by atoms with E-state index in [-0.39, 0.29) is 10.3 Å². The average Bonchev–Trinajstić information content (AvgIpc) is 2.47. The Bertz CT molecular complexity index is 422. The van der Waals surface area contributed by atoms with Crippen LogP contribution in [0, 0.1) is 4.77 Å². The third-order valence-corrected chi connectivity index (χ3v) is 2.44. The predicted molar refractivity (Wildman–Crippen MR) is 46.4 cm³/mol. The Morgan fingerprint density at radius 2 is 2.00 bits per heavy atom. The first-order chi connectivity index (χ1) is 6.48. The number of fused-ring (bicyclic) bond motifs is 1. The fourth-order valence-electron chi connectivity index (χ4n) is 1.70. The van der Waals surface area contributed by atoms with Gasteiger partial charge in [-0.2, -0.15) is 13.2 Å². The van der Waals surface area contributed by atoms with Crippen LogP contribution in [0.2, 0.25) is 0 Å². The second-order valence-corrected chi connectivity index (χ2v) is 3.59. The number of alkyl halides is 3. The van der Waals surface area contributed by atoms with E-state index in [1.165, 1.54) is 0 Å². The molecule has 2 nitrogen and oxygen atoms in total. The van der Waals surface area contributed by atoms with Crippen LogP contribution in [-0.4, -0.2) is 9.97 Å². The van der Waals surface area contributed by atoms with Gasteiger partial charge in [0, 0.05) is 11.3 Å². The van der Waals surface area contributed by atoms with Crippen molar-refractivity contribution in [3.8, 4) is 0 Å². The molecule has 1 aromatic rings. The summed E-state index contributed by atoms with van der Waals surface area (Å²) in [6, 6.07) is 0. The van der Waals surface area contributed by atoms with Gasteiger partial charge in [0.1, 0.15) is 0 Å². The van der Waals surface area contributed by atoms with Gasteiger partial charge in [0.25, 0.3) is 0 Å². The number of aromatic amines is 1. The van der Waals surface area contributed by atoms with Crippen molar-refractivity contribution in [2.75, 3.05) is 0 Å². The highest BCUT2D eigenvalue weighted by atomic mass is 32.1. The number of nitrogens with one attached hydrogen (secondary N) is 1. The van der Waals surface area contributed by atoms with Gasteiger partial charge in [0.05, 0.1) is 0 Å². The fraction of sp³-hybridized carbons (Fsp3) is 0.500. The molecule has 6 heteroatoms. The van der Waals surface area contributed by atoms with Crippen molar-refractivity contribution in [3.63, 3.8) is 0 Å². The Morgan fingerprint density at radius 1 is 1.29 bits per heavy atom. The summed E-state index contributed by atoms with van der Waals surface area (Å²) in [6.07, 6.45) is -2.60. The lowest BCUT2D eigenvalue weighted by atomic mass is 10.2. The minimum absolute atomic E-state index is 0.0852. The van der Waals surface area contributed by atoms with Gasteiger partial charge in [-0.25, -0.2) is 4.98 Å². The Kier molecular flexibility index (Phi) is 2.10. The third kappa shape index (κ3) is 1.54. The zero-order valence-corrected chi connectivity index (χ0v) is 7.93. The average molecular weight is 220 g/mol. The third-order valence-electron chi connectivity index (χ3n) is 2.24. The minimum atomic E-state index is -4.39. The molecule has 0 spiro atoms. The maximum atomic E-state index is 12.5. The zero-order valence-electron chi connectivity index (χ0n) is 7.11. The monoisotopic (exact) mass is 220 g/mol. The number of aryl methyl sites for hydroxylation is 1. The lowest BCUT2D eigenvalue weighted by Gasteiger charge is -2.10. The van der Waals surface area contributed by atoms with Crippen molar-refractivity contribution >= 4 is 12.2 Å². The molecule has 0 aliphatic heterocycles. The number of nitrogens with zero attached hydrogens (tertiary/aromatic N) is 1. The first kappa shape index (κ1) is 9.64. The Morgan fingerprint density at radius 3 is 2.64 bits per heavy atom. The van der Waals surface area contributed by atoms with Crippen LogP contribution in [0.15, 0.2) is 0 Å². The molecule has 76 valence electrons. The Balaban J connectivity index is 2.66. The van der Waals surface area contributed by atoms with Crippen LogP contribution in [0.4, 0.5) is 13.2 Å². The number of hydrogen-bond donors (Lipinski definition) is 1. The summed E-state index contributed by atoms with van der Waals surface area (Å²) < 4.78 is 37.4. The number of rotatable bonds is 0. The van der Waals surface area contributed by atoms with Gasteiger partial charge < -0.3 is 4.98 Å². The summed E-state index contributed by atoms with van der Waals surface area (Å²) >= 11 is 4.64. The second kappa shape index (κ2) is 3.05. The van der Waals surface area contributed by atoms with Crippen LogP contribution < -0.4 is 0 Å². The smallest absolute Gasteiger partial charge is 0.334 e. The number of aromatic nitrogens is 2. The summed E-state index contributed by atoms with van der Waals surface area (Å²) in [5.41, 5.74) is 0.0668. The maximum absolute atomic E-state index is 12.5. The number of H-pyrrole nitrogens is 1. The fourth-order valence-corrected chi connectivity index (χ4v) is 1.92. The van der Waals surface area contributed by atoms with Crippen LogP contribution in [0.1, 0.15) is 23.4 Å². The molecule has 0 aromatic carbocycles. The molecule has 0 bridgehead atoms. The van der Waals surface area contributed by atoms with E-state index < -0.39 is 11.9 Å². The van der Waals surface area contributed by atoms with E-state index >= 15 is 0 Å². The van der Waals surface area contributed by atoms with Crippen molar-refractivity contribution in [1.82, 2.24) is 9.97 Å². The molecule has 1 N–H and O–H groups in total. The number of hydrogen-bond acceptors (Lipinski definition) is 2. The summed E-state index contributed by atoms with van der Waals surface area (Å²) in [4.78, 5) is 6.05. The van der Waals surface area contributed by atoms with Gasteiger partial charge in [-0.15, -0.1) is 0 Å². The lowest BCUT2D eigenvalue weighted by molar-refractivity contribution is -0.141. The topological polar surface area (TPSA) is 28.7 Å². The molecule has 0 radical (unpaired) electrons. The molecule has 14 heavy (non-hydrogen) atoms. The molecule has 2 rings (SSSR count). The molecule has 0 atom stereocenters. The Labute approximate surface area is 83.2 Å². The van der Waals surface area contributed by atoms with Crippen molar-refractivity contribution in [2.24, 2.45) is 0 Å². The van der Waals surface area contributed by atoms with Gasteiger partial charge in [0.2, 0.25) is 0 Å². The Hall–Kier alpha value is -0.910. The second-order valence-electron chi connectivity index (χ2n) is 3.20. The van der Waals surface area contributed by atoms with Crippen LogP contribution in [0.5, 0.6) is 0 Å². The van der Waals surface area contributed by atoms with Crippen LogP contribution >= 0.6 is 12.2 Å². The van der Waals surface area contributed by atoms with E-state index in [0.717, 1.165) is 6.42 Å². The van der Waals surface area contributed by atoms with Crippen LogP contribution in [0.3, 0.4) is 0 Å². The summed E-state index contributed by atoms with van der Waals surface area (Å²) in [5.74, 6) is 0. The maximum Gasteiger partial charge on any atom is 0.433 e. The highest BCUT2D eigenvalue weighted by molar-refractivity contribution is 7.71. The first-order valence-corrected chi connectivity index (χ1v) is 4.58. The molecule has 0 saturated heterocycles. The number of halogens is 3. The normalized spacial score (nSPS) is 15.6. The zero-order chi connectivity index (χ0) is 10.3. The molecule has 0 saturated carbocycles. The summed E-state index contributed by atoms with van der Waals surface area (Å²) in [5, 5.41) is 0. The van der Waals surface area contributed by atoms with Gasteiger partial charge in [-0.05, 0) is 31.5 Å². The van der Waals surface area contributed by atoms with Crippen molar-refractivity contribution in [2.45, 2.75) is 25.4 Å². The van der Waals surface area contributed by atoms with E-state index in [1.807, 2.05) is 0 Å². The SMILES string of the molecule is FC(F)(F)c1nc(=S)[nH]c2c1CCC2. The van der Waals surface area contributed by atoms with Gasteiger partial charge in [-0.3, -0.25) is 0 Å². The molecule has 1 aliphatic carbocycles. The van der Waals surface area contributed by atoms with E-state index in [1.54, 1.807) is 0 Å². The van der Waals surface area contributed by atoms with Crippen LogP contribution in [0.25, 0.3) is 0 Å². The lowest BCUT2D eigenvalue weighted by Crippen LogP contribution is -2.13. The standard InChI is InChI=1S/C8H7F3N2S/c9-8(10,11)6-4-2-1-3-5(4)12-7(14)13-6/h1-3H2,(H,12,13,14). The quantitative estimate of drug-likeness (QED) is 0.681. The van der Waals surface area contributed by atoms with E-state index in [4.69, 9.17) is 0 Å². The summed E-state index contributed by atoms with van der Waals surface area (Å²) in [7, 11) is 0. The highest BCUT2D eigenvalue weighted by Gasteiger charge is 2.37. The predicted octanol–water partition coefficient (Wildman–Crippen LogP) is 2.65. The first-order valence-electron chi connectivity index (χ1n) is 4.18.